The summed E-state index contributed by atoms with van der Waals surface area (Å²) in [5.41, 5.74) is 0.639. The molecule has 1 aliphatic heterocycles. The first kappa shape index (κ1) is 7.53. The lowest BCUT2D eigenvalue weighted by Crippen LogP contribution is -2.15. The molecule has 0 aliphatic carbocycles. The van der Waals surface area contributed by atoms with Gasteiger partial charge < -0.3 is 4.74 Å². The third-order valence-corrected chi connectivity index (χ3v) is 2.01. The van der Waals surface area contributed by atoms with Gasteiger partial charge in [-0.2, -0.15) is 8.78 Å². The molecule has 0 atom stereocenters. The number of alkyl halides is 2. The van der Waals surface area contributed by atoms with Crippen LogP contribution < -0.4 is 4.74 Å². The molecule has 0 saturated carbocycles. The van der Waals surface area contributed by atoms with Crippen LogP contribution in [0.2, 0.25) is 0 Å². The largest absolute Gasteiger partial charge is 0.486 e. The van der Waals surface area contributed by atoms with Crippen LogP contribution in [0.15, 0.2) is 18.2 Å². The second kappa shape index (κ2) is 2.19. The van der Waals surface area contributed by atoms with E-state index >= 15 is 0 Å². The molecular weight excluding hydrogens is 162 g/mol. The Kier molecular flexibility index (Phi) is 1.37. The first-order valence-corrected chi connectivity index (χ1v) is 3.72. The molecule has 1 aromatic rings. The molecular formula is C9H8F2O. The Bertz CT molecular complexity index is 320. The van der Waals surface area contributed by atoms with Crippen LogP contribution in [0.5, 0.6) is 5.75 Å². The smallest absolute Gasteiger partial charge is 0.310 e. The highest BCUT2D eigenvalue weighted by molar-refractivity contribution is 5.45. The van der Waals surface area contributed by atoms with Crippen molar-refractivity contribution in [2.24, 2.45) is 0 Å². The molecule has 1 aliphatic rings. The zero-order valence-corrected chi connectivity index (χ0v) is 6.60. The fourth-order valence-electron chi connectivity index (χ4n) is 1.47. The van der Waals surface area contributed by atoms with Crippen LogP contribution in [-0.2, 0) is 5.92 Å². The van der Waals surface area contributed by atoms with Gasteiger partial charge in [0.2, 0.25) is 0 Å². The summed E-state index contributed by atoms with van der Waals surface area (Å²) in [6.07, 6.45) is 0. The maximum atomic E-state index is 13.1. The van der Waals surface area contributed by atoms with Gasteiger partial charge in [0.05, 0.1) is 5.56 Å². The Hall–Kier alpha value is -1.12. The Morgan fingerprint density at radius 3 is 2.83 bits per heavy atom. The quantitative estimate of drug-likeness (QED) is 0.581. The van der Waals surface area contributed by atoms with Gasteiger partial charge >= 0.3 is 5.92 Å². The number of benzene rings is 1. The maximum absolute atomic E-state index is 13.1. The van der Waals surface area contributed by atoms with Crippen molar-refractivity contribution >= 4 is 0 Å². The topological polar surface area (TPSA) is 9.23 Å². The molecule has 1 aromatic carbocycles. The summed E-state index contributed by atoms with van der Waals surface area (Å²) in [5, 5.41) is 0. The summed E-state index contributed by atoms with van der Waals surface area (Å²) in [7, 11) is 0. The lowest BCUT2D eigenvalue weighted by molar-refractivity contribution is -0.0217. The minimum Gasteiger partial charge on any atom is -0.486 e. The van der Waals surface area contributed by atoms with E-state index in [9.17, 15) is 8.78 Å². The van der Waals surface area contributed by atoms with E-state index in [2.05, 4.69) is 0 Å². The van der Waals surface area contributed by atoms with E-state index in [1.807, 2.05) is 0 Å². The van der Waals surface area contributed by atoms with Crippen LogP contribution in [0.1, 0.15) is 11.1 Å². The highest BCUT2D eigenvalue weighted by Gasteiger charge is 2.42. The summed E-state index contributed by atoms with van der Waals surface area (Å²) < 4.78 is 31.0. The van der Waals surface area contributed by atoms with E-state index in [0.717, 1.165) is 0 Å². The van der Waals surface area contributed by atoms with Crippen molar-refractivity contribution in [1.29, 1.82) is 0 Å². The van der Waals surface area contributed by atoms with Gasteiger partial charge in [-0.1, -0.05) is 12.1 Å². The maximum Gasteiger partial charge on any atom is 0.310 e. The predicted molar refractivity (Wildman–Crippen MR) is 40.6 cm³/mol. The van der Waals surface area contributed by atoms with Crippen molar-refractivity contribution in [2.45, 2.75) is 12.8 Å². The number of halogens is 2. The molecule has 3 heteroatoms. The molecule has 2 rings (SSSR count). The van der Waals surface area contributed by atoms with E-state index in [4.69, 9.17) is 4.74 Å². The first-order valence-electron chi connectivity index (χ1n) is 3.72. The van der Waals surface area contributed by atoms with Gasteiger partial charge in [0.1, 0.15) is 5.75 Å². The zero-order chi connectivity index (χ0) is 8.77. The van der Waals surface area contributed by atoms with Gasteiger partial charge in [-0.25, -0.2) is 0 Å². The summed E-state index contributed by atoms with van der Waals surface area (Å²) in [5.74, 6) is -2.49. The molecule has 0 amide bonds. The number of ether oxygens (including phenoxy) is 1. The minimum atomic E-state index is -2.80. The second-order valence-corrected chi connectivity index (χ2v) is 2.94. The molecule has 0 saturated heterocycles. The highest BCUT2D eigenvalue weighted by Crippen LogP contribution is 2.42. The van der Waals surface area contributed by atoms with E-state index in [-0.39, 0.29) is 5.56 Å². The van der Waals surface area contributed by atoms with Gasteiger partial charge in [0.25, 0.3) is 0 Å². The SMILES string of the molecule is Cc1cccc2c1C(F)(F)CO2. The Morgan fingerprint density at radius 1 is 1.42 bits per heavy atom. The molecule has 0 spiro atoms. The average molecular weight is 170 g/mol. The van der Waals surface area contributed by atoms with Gasteiger partial charge in [0.15, 0.2) is 6.61 Å². The van der Waals surface area contributed by atoms with E-state index in [0.29, 0.717) is 11.3 Å². The number of hydrogen-bond donors (Lipinski definition) is 0. The van der Waals surface area contributed by atoms with Crippen LogP contribution in [0.4, 0.5) is 8.78 Å². The molecule has 0 aromatic heterocycles. The van der Waals surface area contributed by atoms with Crippen molar-refractivity contribution in [3.8, 4) is 5.75 Å². The normalized spacial score (nSPS) is 18.6. The van der Waals surface area contributed by atoms with Crippen molar-refractivity contribution < 1.29 is 13.5 Å². The average Bonchev–Trinajstić information content (AvgIpc) is 2.29. The van der Waals surface area contributed by atoms with Crippen molar-refractivity contribution in [3.63, 3.8) is 0 Å². The van der Waals surface area contributed by atoms with Gasteiger partial charge in [-0.15, -0.1) is 0 Å². The monoisotopic (exact) mass is 170 g/mol. The third-order valence-electron chi connectivity index (χ3n) is 2.01. The van der Waals surface area contributed by atoms with Crippen LogP contribution in [-0.4, -0.2) is 6.61 Å². The first-order chi connectivity index (χ1) is 5.61. The number of hydrogen-bond acceptors (Lipinski definition) is 1. The lowest BCUT2D eigenvalue weighted by Gasteiger charge is -2.08. The van der Waals surface area contributed by atoms with Gasteiger partial charge in [0, 0.05) is 0 Å². The summed E-state index contributed by atoms with van der Waals surface area (Å²) in [4.78, 5) is 0. The molecule has 0 radical (unpaired) electrons. The lowest BCUT2D eigenvalue weighted by atomic mass is 10.0. The Balaban J connectivity index is 2.64. The molecule has 12 heavy (non-hydrogen) atoms. The minimum absolute atomic E-state index is 0.0463. The van der Waals surface area contributed by atoms with Crippen LogP contribution in [0.25, 0.3) is 0 Å². The molecule has 0 N–H and O–H groups in total. The Morgan fingerprint density at radius 2 is 2.17 bits per heavy atom. The third kappa shape index (κ3) is 0.891. The fourth-order valence-corrected chi connectivity index (χ4v) is 1.47. The van der Waals surface area contributed by atoms with Crippen molar-refractivity contribution in [2.75, 3.05) is 6.61 Å². The summed E-state index contributed by atoms with van der Waals surface area (Å²) in [6, 6.07) is 4.96. The van der Waals surface area contributed by atoms with E-state index in [1.165, 1.54) is 0 Å². The Labute approximate surface area is 69.0 Å². The molecule has 0 bridgehead atoms. The molecule has 1 heterocycles. The number of rotatable bonds is 0. The van der Waals surface area contributed by atoms with Gasteiger partial charge in [-0.05, 0) is 18.6 Å². The molecule has 0 unspecified atom stereocenters. The van der Waals surface area contributed by atoms with E-state index < -0.39 is 12.5 Å². The molecule has 1 nitrogen and oxygen atoms in total. The van der Waals surface area contributed by atoms with Crippen LogP contribution in [0.3, 0.4) is 0 Å². The standard InChI is InChI=1S/C9H8F2O/c1-6-3-2-4-7-8(6)9(10,11)5-12-7/h2-4H,5H2,1H3. The summed E-state index contributed by atoms with van der Waals surface area (Å²) in [6.45, 7) is 1.15. The predicted octanol–water partition coefficient (Wildman–Crippen LogP) is 2.48. The number of aryl methyl sites for hydroxylation is 1. The highest BCUT2D eigenvalue weighted by atomic mass is 19.3. The molecule has 0 fully saturated rings. The molecule has 64 valence electrons. The zero-order valence-electron chi connectivity index (χ0n) is 6.60. The van der Waals surface area contributed by atoms with Gasteiger partial charge in [-0.3, -0.25) is 0 Å². The fraction of sp³-hybridized carbons (Fsp3) is 0.333. The van der Waals surface area contributed by atoms with E-state index in [1.54, 1.807) is 25.1 Å². The van der Waals surface area contributed by atoms with Crippen LogP contribution in [0, 0.1) is 6.92 Å². The number of fused-ring (bicyclic) bond motifs is 1. The summed E-state index contributed by atoms with van der Waals surface area (Å²) >= 11 is 0. The van der Waals surface area contributed by atoms with Crippen LogP contribution >= 0.6 is 0 Å². The second-order valence-electron chi connectivity index (χ2n) is 2.94. The van der Waals surface area contributed by atoms with Crippen molar-refractivity contribution in [3.05, 3.63) is 29.3 Å². The van der Waals surface area contributed by atoms with Crippen molar-refractivity contribution in [1.82, 2.24) is 0 Å².